The van der Waals surface area contributed by atoms with E-state index in [9.17, 15) is 4.79 Å². The average molecular weight is 256 g/mol. The van der Waals surface area contributed by atoms with Gasteiger partial charge in [-0.3, -0.25) is 4.79 Å². The van der Waals surface area contributed by atoms with Crippen molar-refractivity contribution in [2.75, 3.05) is 20.5 Å². The van der Waals surface area contributed by atoms with Gasteiger partial charge in [0.2, 0.25) is 0 Å². The molecule has 2 rings (SSSR count). The monoisotopic (exact) mass is 256 g/mol. The van der Waals surface area contributed by atoms with Crippen LogP contribution in [0.3, 0.4) is 0 Å². The predicted molar refractivity (Wildman–Crippen MR) is 67.0 cm³/mol. The minimum Gasteiger partial charge on any atom is -0.396 e. The van der Waals surface area contributed by atoms with Gasteiger partial charge in [-0.2, -0.15) is 0 Å². The van der Waals surface area contributed by atoms with Crippen molar-refractivity contribution in [3.05, 3.63) is 0 Å². The van der Waals surface area contributed by atoms with E-state index in [4.69, 9.17) is 14.6 Å². The third-order valence-corrected chi connectivity index (χ3v) is 4.48. The normalized spacial score (nSPS) is 33.4. The number of rotatable bonds is 6. The molecule has 4 heteroatoms. The number of methoxy groups -OCH3 is 1. The first-order chi connectivity index (χ1) is 8.76. The molecule has 0 aromatic carbocycles. The maximum Gasteiger partial charge on any atom is 0.146 e. The number of carbonyl (C=O) groups excluding carboxylic acids is 1. The molecule has 0 radical (unpaired) electrons. The molecule has 2 saturated carbocycles. The third kappa shape index (κ3) is 3.11. The van der Waals surface area contributed by atoms with Gasteiger partial charge in [0.25, 0.3) is 0 Å². The molecule has 0 saturated heterocycles. The van der Waals surface area contributed by atoms with E-state index >= 15 is 0 Å². The number of ketones is 1. The Morgan fingerprint density at radius 1 is 1.44 bits per heavy atom. The molecule has 4 nitrogen and oxygen atoms in total. The molecule has 2 aliphatic carbocycles. The number of aliphatic hydroxyl groups excluding tert-OH is 1. The zero-order valence-electron chi connectivity index (χ0n) is 11.1. The zero-order valence-corrected chi connectivity index (χ0v) is 11.1. The van der Waals surface area contributed by atoms with Crippen LogP contribution >= 0.6 is 0 Å². The molecular weight excluding hydrogens is 232 g/mol. The van der Waals surface area contributed by atoms with Crippen LogP contribution in [-0.2, 0) is 14.3 Å². The molecule has 4 atom stereocenters. The summed E-state index contributed by atoms with van der Waals surface area (Å²) in [7, 11) is 1.61. The van der Waals surface area contributed by atoms with E-state index < -0.39 is 0 Å². The number of carbonyl (C=O) groups is 1. The lowest BCUT2D eigenvalue weighted by Crippen LogP contribution is -2.25. The molecule has 2 fully saturated rings. The molecule has 0 aromatic rings. The van der Waals surface area contributed by atoms with Crippen LogP contribution in [0.2, 0.25) is 0 Å². The molecule has 0 aromatic heterocycles. The van der Waals surface area contributed by atoms with E-state index in [1.165, 1.54) is 6.42 Å². The summed E-state index contributed by atoms with van der Waals surface area (Å²) >= 11 is 0. The largest absolute Gasteiger partial charge is 0.396 e. The summed E-state index contributed by atoms with van der Waals surface area (Å²) < 4.78 is 10.6. The molecule has 1 unspecified atom stereocenters. The average Bonchev–Trinajstić information content (AvgIpc) is 2.80. The van der Waals surface area contributed by atoms with E-state index in [1.54, 1.807) is 7.11 Å². The van der Waals surface area contributed by atoms with Crippen molar-refractivity contribution < 1.29 is 19.4 Å². The highest BCUT2D eigenvalue weighted by Crippen LogP contribution is 2.45. The molecule has 0 spiro atoms. The molecule has 18 heavy (non-hydrogen) atoms. The molecule has 0 bridgehead atoms. The lowest BCUT2D eigenvalue weighted by molar-refractivity contribution is -0.126. The van der Waals surface area contributed by atoms with Crippen molar-refractivity contribution in [2.24, 2.45) is 17.8 Å². The number of fused-ring (bicyclic) bond motifs is 1. The van der Waals surface area contributed by atoms with E-state index in [1.807, 2.05) is 0 Å². The first-order valence-electron chi connectivity index (χ1n) is 7.00. The fraction of sp³-hybridized carbons (Fsp3) is 0.929. The molecule has 104 valence electrons. The highest BCUT2D eigenvalue weighted by Gasteiger charge is 2.42. The van der Waals surface area contributed by atoms with Gasteiger partial charge in [0.05, 0.1) is 6.10 Å². The van der Waals surface area contributed by atoms with Crippen molar-refractivity contribution in [3.63, 3.8) is 0 Å². The lowest BCUT2D eigenvalue weighted by Gasteiger charge is -2.23. The van der Waals surface area contributed by atoms with Gasteiger partial charge in [0.1, 0.15) is 12.6 Å². The second kappa shape index (κ2) is 6.64. The molecule has 0 aliphatic heterocycles. The van der Waals surface area contributed by atoms with Gasteiger partial charge in [0.15, 0.2) is 0 Å². The summed E-state index contributed by atoms with van der Waals surface area (Å²) in [5.74, 6) is 1.67. The van der Waals surface area contributed by atoms with Gasteiger partial charge in [0, 0.05) is 26.1 Å². The topological polar surface area (TPSA) is 55.8 Å². The Bertz CT molecular complexity index is 279. The maximum atomic E-state index is 11.9. The Morgan fingerprint density at radius 3 is 2.94 bits per heavy atom. The van der Waals surface area contributed by atoms with Gasteiger partial charge in [-0.05, 0) is 43.9 Å². The standard InChI is InChI=1S/C14H24O4/c1-17-9-18-14(5-6-15)11-7-10-3-2-4-13(16)12(10)8-11/h10-12,14-15H,2-9H2,1H3/t10-,11+,12+,14?/m0/s1. The van der Waals surface area contributed by atoms with Crippen molar-refractivity contribution in [2.45, 2.75) is 44.6 Å². The summed E-state index contributed by atoms with van der Waals surface area (Å²) in [6, 6.07) is 0. The maximum absolute atomic E-state index is 11.9. The molecule has 2 aliphatic rings. The summed E-state index contributed by atoms with van der Waals surface area (Å²) in [6.45, 7) is 0.401. The van der Waals surface area contributed by atoms with E-state index in [2.05, 4.69) is 0 Å². The Kier molecular flexibility index (Phi) is 5.15. The SMILES string of the molecule is COCOC(CCO)[C@@H]1C[C@@H]2CCCC(=O)[C@@H]2C1. The number of hydrogen-bond donors (Lipinski definition) is 1. The van der Waals surface area contributed by atoms with E-state index in [0.717, 1.165) is 25.7 Å². The molecular formula is C14H24O4. The minimum absolute atomic E-state index is 0.0355. The van der Waals surface area contributed by atoms with E-state index in [0.29, 0.717) is 24.0 Å². The van der Waals surface area contributed by atoms with Gasteiger partial charge in [-0.25, -0.2) is 0 Å². The summed E-state index contributed by atoms with van der Waals surface area (Å²) in [5.41, 5.74) is 0. The van der Waals surface area contributed by atoms with Crippen LogP contribution in [0.4, 0.5) is 0 Å². The quantitative estimate of drug-likeness (QED) is 0.736. The van der Waals surface area contributed by atoms with Crippen molar-refractivity contribution in [1.82, 2.24) is 0 Å². The van der Waals surface area contributed by atoms with Gasteiger partial charge < -0.3 is 14.6 Å². The Hall–Kier alpha value is -0.450. The predicted octanol–water partition coefficient (Wildman–Crippen LogP) is 1.75. The number of hydrogen-bond acceptors (Lipinski definition) is 4. The highest BCUT2D eigenvalue weighted by molar-refractivity contribution is 5.82. The molecule has 0 amide bonds. The second-order valence-corrected chi connectivity index (χ2v) is 5.58. The van der Waals surface area contributed by atoms with Crippen LogP contribution in [0.1, 0.15) is 38.5 Å². The first kappa shape index (κ1) is 14.0. The fourth-order valence-electron chi connectivity index (χ4n) is 3.65. The minimum atomic E-state index is 0.0355. The van der Waals surface area contributed by atoms with Crippen LogP contribution in [0.25, 0.3) is 0 Å². The lowest BCUT2D eigenvalue weighted by atomic mass is 9.81. The number of ether oxygens (including phenoxy) is 2. The van der Waals surface area contributed by atoms with Crippen LogP contribution in [0.5, 0.6) is 0 Å². The van der Waals surface area contributed by atoms with Crippen molar-refractivity contribution >= 4 is 5.78 Å². The Morgan fingerprint density at radius 2 is 2.28 bits per heavy atom. The van der Waals surface area contributed by atoms with Gasteiger partial charge in [-0.1, -0.05) is 0 Å². The Labute approximate surface area is 109 Å². The van der Waals surface area contributed by atoms with Crippen molar-refractivity contribution in [1.29, 1.82) is 0 Å². The van der Waals surface area contributed by atoms with Crippen LogP contribution in [-0.4, -0.2) is 37.5 Å². The molecule has 1 N–H and O–H groups in total. The summed E-state index contributed by atoms with van der Waals surface area (Å²) in [4.78, 5) is 11.9. The first-order valence-corrected chi connectivity index (χ1v) is 7.00. The van der Waals surface area contributed by atoms with Crippen molar-refractivity contribution in [3.8, 4) is 0 Å². The fourth-order valence-corrected chi connectivity index (χ4v) is 3.65. The van der Waals surface area contributed by atoms with Gasteiger partial charge >= 0.3 is 0 Å². The number of Topliss-reactive ketones (excluding diaryl/α,β-unsaturated/α-hetero) is 1. The zero-order chi connectivity index (χ0) is 13.0. The summed E-state index contributed by atoms with van der Waals surface area (Å²) in [6.07, 6.45) is 5.69. The second-order valence-electron chi connectivity index (χ2n) is 5.58. The highest BCUT2D eigenvalue weighted by atomic mass is 16.7. The Balaban J connectivity index is 1.93. The smallest absolute Gasteiger partial charge is 0.146 e. The van der Waals surface area contributed by atoms with Crippen LogP contribution < -0.4 is 0 Å². The van der Waals surface area contributed by atoms with Crippen LogP contribution in [0, 0.1) is 17.8 Å². The third-order valence-electron chi connectivity index (χ3n) is 4.48. The van der Waals surface area contributed by atoms with Crippen LogP contribution in [0.15, 0.2) is 0 Å². The summed E-state index contributed by atoms with van der Waals surface area (Å²) in [5, 5.41) is 9.12. The molecule has 0 heterocycles. The number of aliphatic hydroxyl groups is 1. The van der Waals surface area contributed by atoms with Gasteiger partial charge in [-0.15, -0.1) is 0 Å². The van der Waals surface area contributed by atoms with E-state index in [-0.39, 0.29) is 25.4 Å².